The molecule has 0 aliphatic rings. The van der Waals surface area contributed by atoms with Crippen molar-refractivity contribution in [1.29, 1.82) is 0 Å². The van der Waals surface area contributed by atoms with Crippen LogP contribution < -0.4 is 0 Å². The fraction of sp³-hybridized carbons (Fsp3) is 0.700. The molecule has 0 spiro atoms. The van der Waals surface area contributed by atoms with E-state index in [0.717, 1.165) is 4.88 Å². The molecule has 0 aliphatic heterocycles. The number of alkyl halides is 3. The van der Waals surface area contributed by atoms with Crippen LogP contribution in [-0.4, -0.2) is 21.9 Å². The number of thiazole rings is 1. The monoisotopic (exact) mass is 253 g/mol. The summed E-state index contributed by atoms with van der Waals surface area (Å²) >= 11 is 1.40. The predicted molar refractivity (Wildman–Crippen MR) is 56.3 cm³/mol. The van der Waals surface area contributed by atoms with E-state index in [1.807, 2.05) is 0 Å². The van der Waals surface area contributed by atoms with Gasteiger partial charge in [-0.15, -0.1) is 11.3 Å². The summed E-state index contributed by atoms with van der Waals surface area (Å²) in [4.78, 5) is 4.74. The number of halogens is 3. The maximum atomic E-state index is 11.9. The average molecular weight is 253 g/mol. The highest BCUT2D eigenvalue weighted by Crippen LogP contribution is 2.27. The van der Waals surface area contributed by atoms with Crippen LogP contribution in [0.1, 0.15) is 31.1 Å². The zero-order valence-corrected chi connectivity index (χ0v) is 9.74. The minimum Gasteiger partial charge on any atom is -0.390 e. The van der Waals surface area contributed by atoms with Crippen molar-refractivity contribution in [2.24, 2.45) is 0 Å². The van der Waals surface area contributed by atoms with Gasteiger partial charge in [-0.2, -0.15) is 13.2 Å². The Morgan fingerprint density at radius 3 is 2.56 bits per heavy atom. The lowest BCUT2D eigenvalue weighted by Crippen LogP contribution is -2.27. The minimum absolute atomic E-state index is 0.0463. The molecule has 0 fully saturated rings. The van der Waals surface area contributed by atoms with E-state index in [1.54, 1.807) is 18.6 Å². The van der Waals surface area contributed by atoms with Gasteiger partial charge in [0, 0.05) is 23.9 Å². The Bertz CT molecular complexity index is 308. The van der Waals surface area contributed by atoms with Crippen LogP contribution >= 0.6 is 11.3 Å². The first-order valence-corrected chi connectivity index (χ1v) is 5.83. The fourth-order valence-corrected chi connectivity index (χ4v) is 2.24. The predicted octanol–water partition coefficient (Wildman–Crippen LogP) is 3.17. The van der Waals surface area contributed by atoms with Gasteiger partial charge in [0.05, 0.1) is 11.1 Å². The summed E-state index contributed by atoms with van der Waals surface area (Å²) in [6.07, 6.45) is -2.90. The lowest BCUT2D eigenvalue weighted by atomic mass is 9.94. The largest absolute Gasteiger partial charge is 0.390 e. The van der Waals surface area contributed by atoms with Crippen LogP contribution in [-0.2, 0) is 6.42 Å². The Kier molecular flexibility index (Phi) is 4.32. The number of aromatic nitrogens is 1. The number of hydrogen-bond donors (Lipinski definition) is 1. The molecule has 1 aromatic rings. The van der Waals surface area contributed by atoms with Gasteiger partial charge in [0.25, 0.3) is 0 Å². The first-order valence-electron chi connectivity index (χ1n) is 4.95. The molecule has 0 bridgehead atoms. The van der Waals surface area contributed by atoms with Crippen molar-refractivity contribution in [3.63, 3.8) is 0 Å². The number of hydrogen-bond acceptors (Lipinski definition) is 3. The van der Waals surface area contributed by atoms with Crippen molar-refractivity contribution in [1.82, 2.24) is 4.98 Å². The average Bonchev–Trinajstić information content (AvgIpc) is 2.52. The first-order chi connectivity index (χ1) is 7.29. The van der Waals surface area contributed by atoms with Gasteiger partial charge in [-0.1, -0.05) is 0 Å². The van der Waals surface area contributed by atoms with Crippen molar-refractivity contribution in [3.05, 3.63) is 16.6 Å². The lowest BCUT2D eigenvalue weighted by Gasteiger charge is -2.22. The fourth-order valence-electron chi connectivity index (χ4n) is 1.46. The van der Waals surface area contributed by atoms with Gasteiger partial charge < -0.3 is 5.11 Å². The Morgan fingerprint density at radius 2 is 2.06 bits per heavy atom. The Morgan fingerprint density at radius 1 is 1.38 bits per heavy atom. The standard InChI is InChI=1S/C10H14F3NOS/c1-9(15,3-2-4-10(11,12)13)5-8-6-14-7-16-8/h6-7,15H,2-5H2,1H3. The topological polar surface area (TPSA) is 33.1 Å². The molecule has 1 aromatic heterocycles. The molecular weight excluding hydrogens is 239 g/mol. The van der Waals surface area contributed by atoms with Crippen LogP contribution in [0.25, 0.3) is 0 Å². The molecule has 6 heteroatoms. The molecule has 0 aliphatic carbocycles. The summed E-state index contributed by atoms with van der Waals surface area (Å²) < 4.78 is 35.8. The molecule has 1 atom stereocenters. The van der Waals surface area contributed by atoms with Gasteiger partial charge in [0.15, 0.2) is 0 Å². The van der Waals surface area contributed by atoms with Gasteiger partial charge >= 0.3 is 6.18 Å². The third kappa shape index (κ3) is 5.46. The molecule has 1 rings (SSSR count). The summed E-state index contributed by atoms with van der Waals surface area (Å²) in [6, 6.07) is 0. The number of nitrogens with zero attached hydrogens (tertiary/aromatic N) is 1. The third-order valence-corrected chi connectivity index (χ3v) is 2.99. The highest BCUT2D eigenvalue weighted by atomic mass is 32.1. The molecule has 16 heavy (non-hydrogen) atoms. The van der Waals surface area contributed by atoms with Crippen molar-refractivity contribution < 1.29 is 18.3 Å². The van der Waals surface area contributed by atoms with Crippen molar-refractivity contribution in [2.45, 2.75) is 44.4 Å². The second-order valence-corrected chi connectivity index (χ2v) is 5.08. The molecule has 0 saturated heterocycles. The summed E-state index contributed by atoms with van der Waals surface area (Å²) in [5.74, 6) is 0. The van der Waals surface area contributed by atoms with Crippen LogP contribution in [0.5, 0.6) is 0 Å². The molecule has 92 valence electrons. The minimum atomic E-state index is -4.14. The molecule has 1 N–H and O–H groups in total. The molecule has 0 amide bonds. The zero-order chi connectivity index (χ0) is 12.2. The molecular formula is C10H14F3NOS. The Balaban J connectivity index is 2.34. The van der Waals surface area contributed by atoms with E-state index in [1.165, 1.54) is 11.3 Å². The SMILES string of the molecule is CC(O)(CCCC(F)(F)F)Cc1cncs1. The second-order valence-electron chi connectivity index (χ2n) is 4.11. The highest BCUT2D eigenvalue weighted by Gasteiger charge is 2.29. The maximum Gasteiger partial charge on any atom is 0.389 e. The second kappa shape index (κ2) is 5.14. The van der Waals surface area contributed by atoms with Crippen molar-refractivity contribution in [3.8, 4) is 0 Å². The third-order valence-electron chi connectivity index (χ3n) is 2.21. The van der Waals surface area contributed by atoms with E-state index in [0.29, 0.717) is 6.42 Å². The first kappa shape index (κ1) is 13.4. The van der Waals surface area contributed by atoms with Crippen LogP contribution in [0.2, 0.25) is 0 Å². The van der Waals surface area contributed by atoms with Gasteiger partial charge in [-0.3, -0.25) is 4.98 Å². The Hall–Kier alpha value is -0.620. The molecule has 1 unspecified atom stereocenters. The van der Waals surface area contributed by atoms with E-state index in [2.05, 4.69) is 4.98 Å². The van der Waals surface area contributed by atoms with E-state index in [4.69, 9.17) is 0 Å². The Labute approximate surface area is 96.1 Å². The summed E-state index contributed by atoms with van der Waals surface area (Å²) in [5.41, 5.74) is 0.554. The van der Waals surface area contributed by atoms with E-state index in [-0.39, 0.29) is 12.8 Å². The molecule has 2 nitrogen and oxygen atoms in total. The molecule has 0 saturated carbocycles. The van der Waals surface area contributed by atoms with E-state index >= 15 is 0 Å². The van der Waals surface area contributed by atoms with Gasteiger partial charge in [-0.25, -0.2) is 0 Å². The van der Waals surface area contributed by atoms with Crippen molar-refractivity contribution >= 4 is 11.3 Å². The summed E-state index contributed by atoms with van der Waals surface area (Å²) in [6.45, 7) is 1.56. The van der Waals surface area contributed by atoms with Crippen LogP contribution in [0.15, 0.2) is 11.7 Å². The summed E-state index contributed by atoms with van der Waals surface area (Å²) in [5, 5.41) is 9.89. The smallest absolute Gasteiger partial charge is 0.389 e. The van der Waals surface area contributed by atoms with Gasteiger partial charge in [-0.05, 0) is 19.8 Å². The van der Waals surface area contributed by atoms with Crippen LogP contribution in [0, 0.1) is 0 Å². The molecule has 1 heterocycles. The number of aliphatic hydroxyl groups is 1. The lowest BCUT2D eigenvalue weighted by molar-refractivity contribution is -0.137. The number of rotatable bonds is 5. The van der Waals surface area contributed by atoms with E-state index in [9.17, 15) is 18.3 Å². The molecule has 0 radical (unpaired) electrons. The highest BCUT2D eigenvalue weighted by molar-refractivity contribution is 7.09. The van der Waals surface area contributed by atoms with Crippen molar-refractivity contribution in [2.75, 3.05) is 0 Å². The van der Waals surface area contributed by atoms with Gasteiger partial charge in [0.2, 0.25) is 0 Å². The molecule has 0 aromatic carbocycles. The quantitative estimate of drug-likeness (QED) is 0.874. The van der Waals surface area contributed by atoms with Crippen LogP contribution in [0.3, 0.4) is 0 Å². The van der Waals surface area contributed by atoms with Crippen LogP contribution in [0.4, 0.5) is 13.2 Å². The van der Waals surface area contributed by atoms with Gasteiger partial charge in [0.1, 0.15) is 0 Å². The summed E-state index contributed by atoms with van der Waals surface area (Å²) in [7, 11) is 0. The zero-order valence-electron chi connectivity index (χ0n) is 8.92. The van der Waals surface area contributed by atoms with E-state index < -0.39 is 18.2 Å². The normalized spacial score (nSPS) is 16.1. The maximum absolute atomic E-state index is 11.9.